The highest BCUT2D eigenvalue weighted by Gasteiger charge is 2.19. The summed E-state index contributed by atoms with van der Waals surface area (Å²) in [4.78, 5) is 21.6. The van der Waals surface area contributed by atoms with E-state index in [0.717, 1.165) is 45.2 Å². The molecule has 1 aliphatic heterocycles. The summed E-state index contributed by atoms with van der Waals surface area (Å²) >= 11 is 0. The molecule has 2 amide bonds. The minimum Gasteiger partial charge on any atom is -0.379 e. The van der Waals surface area contributed by atoms with Crippen LogP contribution in [0.15, 0.2) is 36.7 Å². The van der Waals surface area contributed by atoms with Crippen molar-refractivity contribution in [3.63, 3.8) is 0 Å². The molecule has 0 spiro atoms. The van der Waals surface area contributed by atoms with Crippen molar-refractivity contribution in [1.82, 2.24) is 24.7 Å². The standard InChI is InChI=1S/C22H33N5O2/c1-18(2)24-22(28)27(11-10-25-12-14-29-15-13-25)17-21-23-8-9-26(21)16-20-7-5-4-6-19(20)3/h4-9,18H,10-17H2,1-3H3,(H,24,28). The summed E-state index contributed by atoms with van der Waals surface area (Å²) < 4.78 is 7.56. The quantitative estimate of drug-likeness (QED) is 0.741. The Labute approximate surface area is 173 Å². The molecule has 2 heterocycles. The molecule has 1 saturated heterocycles. The minimum absolute atomic E-state index is 0.0429. The molecule has 1 aromatic carbocycles. The van der Waals surface area contributed by atoms with Gasteiger partial charge in [-0.2, -0.15) is 0 Å². The van der Waals surface area contributed by atoms with E-state index in [2.05, 4.69) is 51.0 Å². The van der Waals surface area contributed by atoms with Gasteiger partial charge in [0, 0.05) is 51.2 Å². The second kappa shape index (κ2) is 10.4. The number of nitrogens with one attached hydrogen (secondary N) is 1. The lowest BCUT2D eigenvalue weighted by molar-refractivity contribution is 0.0345. The molecule has 158 valence electrons. The van der Waals surface area contributed by atoms with Gasteiger partial charge in [-0.25, -0.2) is 9.78 Å². The van der Waals surface area contributed by atoms with E-state index in [1.54, 1.807) is 0 Å². The molecule has 1 fully saturated rings. The topological polar surface area (TPSA) is 62.6 Å². The second-order valence-electron chi connectivity index (χ2n) is 7.88. The number of imidazole rings is 1. The summed E-state index contributed by atoms with van der Waals surface area (Å²) in [5.41, 5.74) is 2.52. The van der Waals surface area contributed by atoms with E-state index in [9.17, 15) is 4.79 Å². The number of morpholine rings is 1. The van der Waals surface area contributed by atoms with Gasteiger partial charge in [0.1, 0.15) is 5.82 Å². The molecule has 7 nitrogen and oxygen atoms in total. The summed E-state index contributed by atoms with van der Waals surface area (Å²) in [6, 6.07) is 8.43. The van der Waals surface area contributed by atoms with Gasteiger partial charge in [0.15, 0.2) is 0 Å². The van der Waals surface area contributed by atoms with Crippen LogP contribution in [-0.2, 0) is 17.8 Å². The molecule has 3 rings (SSSR count). The van der Waals surface area contributed by atoms with Crippen molar-refractivity contribution in [3.8, 4) is 0 Å². The molecular weight excluding hydrogens is 366 g/mol. The Morgan fingerprint density at radius 2 is 2.03 bits per heavy atom. The molecule has 0 saturated carbocycles. The first kappa shape index (κ1) is 21.3. The van der Waals surface area contributed by atoms with E-state index in [1.807, 2.05) is 31.1 Å². The van der Waals surface area contributed by atoms with Crippen LogP contribution in [0.2, 0.25) is 0 Å². The highest BCUT2D eigenvalue weighted by Crippen LogP contribution is 2.12. The van der Waals surface area contributed by atoms with Crippen molar-refractivity contribution in [1.29, 1.82) is 0 Å². The maximum atomic E-state index is 12.8. The molecule has 2 aromatic rings. The Morgan fingerprint density at radius 1 is 1.28 bits per heavy atom. The number of benzene rings is 1. The fraction of sp³-hybridized carbons (Fsp3) is 0.545. The Bertz CT molecular complexity index is 783. The Hall–Kier alpha value is -2.38. The average molecular weight is 400 g/mol. The van der Waals surface area contributed by atoms with Crippen molar-refractivity contribution < 1.29 is 9.53 Å². The van der Waals surface area contributed by atoms with Crippen molar-refractivity contribution in [2.75, 3.05) is 39.4 Å². The van der Waals surface area contributed by atoms with Gasteiger partial charge >= 0.3 is 6.03 Å². The van der Waals surface area contributed by atoms with Crippen LogP contribution in [0.4, 0.5) is 4.79 Å². The number of aromatic nitrogens is 2. The average Bonchev–Trinajstić information content (AvgIpc) is 3.14. The molecule has 1 aromatic heterocycles. The highest BCUT2D eigenvalue weighted by molar-refractivity contribution is 5.74. The predicted molar refractivity (Wildman–Crippen MR) is 114 cm³/mol. The first-order chi connectivity index (χ1) is 14.0. The number of hydrogen-bond acceptors (Lipinski definition) is 4. The van der Waals surface area contributed by atoms with Gasteiger partial charge in [-0.3, -0.25) is 4.90 Å². The lowest BCUT2D eigenvalue weighted by atomic mass is 10.1. The Morgan fingerprint density at radius 3 is 2.76 bits per heavy atom. The number of nitrogens with zero attached hydrogens (tertiary/aromatic N) is 4. The molecule has 1 aliphatic rings. The maximum absolute atomic E-state index is 12.8. The van der Waals surface area contributed by atoms with Crippen LogP contribution < -0.4 is 5.32 Å². The molecule has 29 heavy (non-hydrogen) atoms. The molecular formula is C22H33N5O2. The molecule has 0 radical (unpaired) electrons. The zero-order valence-corrected chi connectivity index (χ0v) is 17.8. The molecule has 0 atom stereocenters. The van der Waals surface area contributed by atoms with Gasteiger partial charge in [-0.05, 0) is 31.9 Å². The van der Waals surface area contributed by atoms with Crippen LogP contribution in [0, 0.1) is 6.92 Å². The first-order valence-electron chi connectivity index (χ1n) is 10.4. The highest BCUT2D eigenvalue weighted by atomic mass is 16.5. The minimum atomic E-state index is -0.0429. The molecule has 7 heteroatoms. The van der Waals surface area contributed by atoms with Gasteiger partial charge in [0.25, 0.3) is 0 Å². The van der Waals surface area contributed by atoms with Gasteiger partial charge in [0.05, 0.1) is 19.8 Å². The number of hydrogen-bond donors (Lipinski definition) is 1. The van der Waals surface area contributed by atoms with Crippen molar-refractivity contribution >= 4 is 6.03 Å². The number of amides is 2. The fourth-order valence-electron chi connectivity index (χ4n) is 3.45. The Kier molecular flexibility index (Phi) is 7.66. The van der Waals surface area contributed by atoms with E-state index >= 15 is 0 Å². The zero-order chi connectivity index (χ0) is 20.6. The molecule has 1 N–H and O–H groups in total. The zero-order valence-electron chi connectivity index (χ0n) is 17.8. The fourth-order valence-corrected chi connectivity index (χ4v) is 3.45. The number of ether oxygens (including phenoxy) is 1. The number of carbonyl (C=O) groups excluding carboxylic acids is 1. The van der Waals surface area contributed by atoms with Crippen LogP contribution in [-0.4, -0.2) is 70.8 Å². The first-order valence-corrected chi connectivity index (χ1v) is 10.4. The van der Waals surface area contributed by atoms with Crippen LogP contribution in [0.25, 0.3) is 0 Å². The third-order valence-corrected chi connectivity index (χ3v) is 5.23. The van der Waals surface area contributed by atoms with Crippen molar-refractivity contribution in [2.24, 2.45) is 0 Å². The summed E-state index contributed by atoms with van der Waals surface area (Å²) in [6.45, 7) is 12.2. The van der Waals surface area contributed by atoms with E-state index in [4.69, 9.17) is 4.74 Å². The van der Waals surface area contributed by atoms with Gasteiger partial charge in [0.2, 0.25) is 0 Å². The second-order valence-corrected chi connectivity index (χ2v) is 7.88. The smallest absolute Gasteiger partial charge is 0.318 e. The van der Waals surface area contributed by atoms with Crippen LogP contribution >= 0.6 is 0 Å². The lowest BCUT2D eigenvalue weighted by Crippen LogP contribution is -2.47. The summed E-state index contributed by atoms with van der Waals surface area (Å²) in [5.74, 6) is 0.897. The molecule has 0 aliphatic carbocycles. The number of aryl methyl sites for hydroxylation is 1. The summed E-state index contributed by atoms with van der Waals surface area (Å²) in [7, 11) is 0. The van der Waals surface area contributed by atoms with Crippen molar-refractivity contribution in [3.05, 3.63) is 53.6 Å². The summed E-state index contributed by atoms with van der Waals surface area (Å²) in [6.07, 6.45) is 3.80. The molecule has 0 unspecified atom stereocenters. The summed E-state index contributed by atoms with van der Waals surface area (Å²) in [5, 5.41) is 3.03. The monoisotopic (exact) mass is 399 g/mol. The predicted octanol–water partition coefficient (Wildman–Crippen LogP) is 2.49. The third kappa shape index (κ3) is 6.30. The van der Waals surface area contributed by atoms with E-state index in [1.165, 1.54) is 11.1 Å². The third-order valence-electron chi connectivity index (χ3n) is 5.23. The molecule has 0 bridgehead atoms. The normalized spacial score (nSPS) is 14.9. The van der Waals surface area contributed by atoms with Crippen LogP contribution in [0.1, 0.15) is 30.8 Å². The van der Waals surface area contributed by atoms with Gasteiger partial charge in [-0.15, -0.1) is 0 Å². The SMILES string of the molecule is Cc1ccccc1Cn1ccnc1CN(CCN1CCOCC1)C(=O)NC(C)C. The van der Waals surface area contributed by atoms with Gasteiger partial charge < -0.3 is 19.5 Å². The van der Waals surface area contributed by atoms with Crippen LogP contribution in [0.3, 0.4) is 0 Å². The van der Waals surface area contributed by atoms with E-state index in [0.29, 0.717) is 13.1 Å². The maximum Gasteiger partial charge on any atom is 0.318 e. The van der Waals surface area contributed by atoms with E-state index in [-0.39, 0.29) is 12.1 Å². The lowest BCUT2D eigenvalue weighted by Gasteiger charge is -2.30. The number of urea groups is 1. The largest absolute Gasteiger partial charge is 0.379 e. The van der Waals surface area contributed by atoms with E-state index < -0.39 is 0 Å². The Balaban J connectivity index is 1.69. The number of rotatable bonds is 8. The van der Waals surface area contributed by atoms with Gasteiger partial charge in [-0.1, -0.05) is 24.3 Å². The number of carbonyl (C=O) groups is 1. The van der Waals surface area contributed by atoms with Crippen molar-refractivity contribution in [2.45, 2.75) is 39.9 Å². The van der Waals surface area contributed by atoms with Crippen LogP contribution in [0.5, 0.6) is 0 Å².